The molecule has 0 aliphatic carbocycles. The Balaban J connectivity index is 1.18. The zero-order chi connectivity index (χ0) is 37.5. The van der Waals surface area contributed by atoms with Gasteiger partial charge in [0.25, 0.3) is 0 Å². The van der Waals surface area contributed by atoms with E-state index in [2.05, 4.69) is 161 Å². The molecule has 12 aromatic rings. The summed E-state index contributed by atoms with van der Waals surface area (Å²) in [5, 5.41) is 7.28. The molecule has 266 valence electrons. The standard InChI is InChI=1S/C51H31N5S/c1-4-16-32(17-5-1)49-52-50(33-18-6-2-7-19-33)54-51(53-49)40-25-15-28-43-45(40)39-31-30-38-37-24-14-29-44(47(37)57-48(38)46(39)55(43)34-20-8-3-9-21-34)56-41-26-12-10-22-35(41)36-23-11-13-27-42(36)56/h1-31H. The highest BCUT2D eigenvalue weighted by atomic mass is 32.1. The van der Waals surface area contributed by atoms with Crippen molar-refractivity contribution < 1.29 is 0 Å². The molecule has 0 bridgehead atoms. The second kappa shape index (κ2) is 12.6. The number of hydrogen-bond donors (Lipinski definition) is 0. The van der Waals surface area contributed by atoms with Gasteiger partial charge in [0.05, 0.1) is 37.2 Å². The molecule has 12 rings (SSSR count). The van der Waals surface area contributed by atoms with Crippen LogP contribution in [0.1, 0.15) is 0 Å². The fourth-order valence-corrected chi connectivity index (χ4v) is 10.0. The van der Waals surface area contributed by atoms with Gasteiger partial charge in [-0.15, -0.1) is 11.3 Å². The smallest absolute Gasteiger partial charge is 0.164 e. The third-order valence-corrected chi connectivity index (χ3v) is 12.4. The molecular weight excluding hydrogens is 715 g/mol. The molecule has 57 heavy (non-hydrogen) atoms. The van der Waals surface area contributed by atoms with Crippen molar-refractivity contribution in [3.63, 3.8) is 0 Å². The average molecular weight is 746 g/mol. The molecule has 4 heterocycles. The molecule has 0 spiro atoms. The second-order valence-corrected chi connectivity index (χ2v) is 15.4. The predicted molar refractivity (Wildman–Crippen MR) is 238 cm³/mol. The molecule has 5 nitrogen and oxygen atoms in total. The topological polar surface area (TPSA) is 48.5 Å². The molecule has 8 aromatic carbocycles. The molecule has 4 aromatic heterocycles. The summed E-state index contributed by atoms with van der Waals surface area (Å²) in [6.45, 7) is 0. The van der Waals surface area contributed by atoms with E-state index in [1.807, 2.05) is 47.7 Å². The van der Waals surface area contributed by atoms with Crippen LogP contribution in [0.4, 0.5) is 0 Å². The predicted octanol–water partition coefficient (Wildman–Crippen LogP) is 13.4. The fraction of sp³-hybridized carbons (Fsp3) is 0. The van der Waals surface area contributed by atoms with Gasteiger partial charge in [0.2, 0.25) is 0 Å². The Morgan fingerprint density at radius 1 is 0.351 bits per heavy atom. The van der Waals surface area contributed by atoms with Crippen LogP contribution in [0.25, 0.3) is 109 Å². The first-order valence-electron chi connectivity index (χ1n) is 19.1. The van der Waals surface area contributed by atoms with Crippen molar-refractivity contribution in [1.29, 1.82) is 0 Å². The normalized spacial score (nSPS) is 11.9. The van der Waals surface area contributed by atoms with Gasteiger partial charge in [-0.3, -0.25) is 0 Å². The number of fused-ring (bicyclic) bond motifs is 10. The third-order valence-electron chi connectivity index (χ3n) is 11.2. The van der Waals surface area contributed by atoms with Gasteiger partial charge in [0, 0.05) is 54.7 Å². The molecule has 0 unspecified atom stereocenters. The summed E-state index contributed by atoms with van der Waals surface area (Å²) in [5.74, 6) is 1.94. The maximum absolute atomic E-state index is 5.19. The van der Waals surface area contributed by atoms with Crippen molar-refractivity contribution in [2.45, 2.75) is 0 Å². The number of hydrogen-bond acceptors (Lipinski definition) is 4. The number of nitrogens with zero attached hydrogens (tertiary/aromatic N) is 5. The summed E-state index contributed by atoms with van der Waals surface area (Å²) in [7, 11) is 0. The van der Waals surface area contributed by atoms with Gasteiger partial charge in [0.15, 0.2) is 17.5 Å². The molecule has 0 radical (unpaired) electrons. The molecule has 0 saturated heterocycles. The highest BCUT2D eigenvalue weighted by Crippen LogP contribution is 2.47. The summed E-state index contributed by atoms with van der Waals surface area (Å²) in [4.78, 5) is 15.4. The van der Waals surface area contributed by atoms with E-state index in [0.29, 0.717) is 17.5 Å². The van der Waals surface area contributed by atoms with Crippen LogP contribution in [0.5, 0.6) is 0 Å². The molecule has 6 heteroatoms. The first-order valence-corrected chi connectivity index (χ1v) is 19.9. The highest BCUT2D eigenvalue weighted by molar-refractivity contribution is 7.27. The van der Waals surface area contributed by atoms with Crippen LogP contribution in [-0.4, -0.2) is 24.1 Å². The molecule has 0 fully saturated rings. The Bertz CT molecular complexity index is 3400. The molecule has 0 aliphatic rings. The van der Waals surface area contributed by atoms with Gasteiger partial charge in [-0.05, 0) is 36.4 Å². The average Bonchev–Trinajstić information content (AvgIpc) is 3.95. The Hall–Kier alpha value is -7.41. The third kappa shape index (κ3) is 4.84. The van der Waals surface area contributed by atoms with Crippen molar-refractivity contribution in [2.24, 2.45) is 0 Å². The number of aromatic nitrogens is 5. The highest BCUT2D eigenvalue weighted by Gasteiger charge is 2.23. The minimum atomic E-state index is 0.644. The Morgan fingerprint density at radius 3 is 1.53 bits per heavy atom. The van der Waals surface area contributed by atoms with Gasteiger partial charge in [-0.1, -0.05) is 152 Å². The van der Waals surface area contributed by atoms with Crippen molar-refractivity contribution >= 4 is 75.1 Å². The molecular formula is C51H31N5S. The minimum Gasteiger partial charge on any atom is -0.308 e. The van der Waals surface area contributed by atoms with E-state index >= 15 is 0 Å². The lowest BCUT2D eigenvalue weighted by Crippen LogP contribution is -2.00. The zero-order valence-corrected chi connectivity index (χ0v) is 31.4. The molecule has 0 amide bonds. The first kappa shape index (κ1) is 31.9. The van der Waals surface area contributed by atoms with E-state index in [9.17, 15) is 0 Å². The fourth-order valence-electron chi connectivity index (χ4n) is 8.71. The number of para-hydroxylation sites is 3. The minimum absolute atomic E-state index is 0.644. The first-order chi connectivity index (χ1) is 28.3. The monoisotopic (exact) mass is 745 g/mol. The molecule has 0 atom stereocenters. The van der Waals surface area contributed by atoms with E-state index in [1.54, 1.807) is 0 Å². The van der Waals surface area contributed by atoms with E-state index < -0.39 is 0 Å². The number of thiophene rings is 1. The largest absolute Gasteiger partial charge is 0.308 e. The Kier molecular flexibility index (Phi) is 7.03. The van der Waals surface area contributed by atoms with Crippen LogP contribution >= 0.6 is 11.3 Å². The maximum atomic E-state index is 5.19. The zero-order valence-electron chi connectivity index (χ0n) is 30.5. The molecule has 0 aliphatic heterocycles. The van der Waals surface area contributed by atoms with Crippen LogP contribution < -0.4 is 0 Å². The quantitative estimate of drug-likeness (QED) is 0.176. The lowest BCUT2D eigenvalue weighted by Gasteiger charge is -2.10. The van der Waals surface area contributed by atoms with Gasteiger partial charge >= 0.3 is 0 Å². The van der Waals surface area contributed by atoms with E-state index in [-0.39, 0.29) is 0 Å². The lowest BCUT2D eigenvalue weighted by molar-refractivity contribution is 1.08. The summed E-state index contributed by atoms with van der Waals surface area (Å²) >= 11 is 1.88. The van der Waals surface area contributed by atoms with E-state index in [4.69, 9.17) is 15.0 Å². The van der Waals surface area contributed by atoms with Gasteiger partial charge in [-0.25, -0.2) is 15.0 Å². The van der Waals surface area contributed by atoms with Crippen molar-refractivity contribution in [2.75, 3.05) is 0 Å². The van der Waals surface area contributed by atoms with Crippen molar-refractivity contribution in [3.05, 3.63) is 188 Å². The number of benzene rings is 8. The molecule has 0 saturated carbocycles. The summed E-state index contributed by atoms with van der Waals surface area (Å²) in [6.07, 6.45) is 0. The van der Waals surface area contributed by atoms with Crippen LogP contribution in [-0.2, 0) is 0 Å². The van der Waals surface area contributed by atoms with Crippen LogP contribution in [0, 0.1) is 0 Å². The van der Waals surface area contributed by atoms with Crippen LogP contribution in [0.2, 0.25) is 0 Å². The van der Waals surface area contributed by atoms with Gasteiger partial charge in [0.1, 0.15) is 0 Å². The van der Waals surface area contributed by atoms with Gasteiger partial charge < -0.3 is 9.13 Å². The van der Waals surface area contributed by atoms with Crippen molar-refractivity contribution in [3.8, 4) is 45.5 Å². The maximum Gasteiger partial charge on any atom is 0.164 e. The summed E-state index contributed by atoms with van der Waals surface area (Å²) in [5.41, 5.74) is 9.85. The van der Waals surface area contributed by atoms with E-state index in [0.717, 1.165) is 38.7 Å². The Morgan fingerprint density at radius 2 is 0.860 bits per heavy atom. The summed E-state index contributed by atoms with van der Waals surface area (Å²) in [6, 6.07) is 66.5. The van der Waals surface area contributed by atoms with E-state index in [1.165, 1.54) is 53.2 Å². The van der Waals surface area contributed by atoms with Gasteiger partial charge in [-0.2, -0.15) is 0 Å². The molecule has 0 N–H and O–H groups in total. The van der Waals surface area contributed by atoms with Crippen molar-refractivity contribution in [1.82, 2.24) is 24.1 Å². The SMILES string of the molecule is c1ccc(-c2nc(-c3ccccc3)nc(-c3cccc4c3c3ccc5c6cccc(-n7c8ccccc8c8ccccc87)c6sc5c3n4-c3ccccc3)n2)cc1. The Labute approximate surface area is 331 Å². The number of rotatable bonds is 5. The van der Waals surface area contributed by atoms with Crippen LogP contribution in [0.15, 0.2) is 188 Å². The lowest BCUT2D eigenvalue weighted by atomic mass is 10.0. The summed E-state index contributed by atoms with van der Waals surface area (Å²) < 4.78 is 7.38. The second-order valence-electron chi connectivity index (χ2n) is 14.4. The van der Waals surface area contributed by atoms with Crippen LogP contribution in [0.3, 0.4) is 0 Å².